The lowest BCUT2D eigenvalue weighted by Gasteiger charge is -2.11. The summed E-state index contributed by atoms with van der Waals surface area (Å²) in [6.45, 7) is 0.805. The molecule has 6 nitrogen and oxygen atoms in total. The number of amides is 2. The van der Waals surface area contributed by atoms with Gasteiger partial charge in [-0.1, -0.05) is 0 Å². The molecular weight excluding hydrogens is 244 g/mol. The molecule has 0 spiro atoms. The van der Waals surface area contributed by atoms with Crippen molar-refractivity contribution in [3.05, 3.63) is 0 Å². The third kappa shape index (κ3) is 5.78. The van der Waals surface area contributed by atoms with Crippen molar-refractivity contribution in [3.8, 4) is 0 Å². The van der Waals surface area contributed by atoms with Crippen LogP contribution >= 0.6 is 11.8 Å². The highest BCUT2D eigenvalue weighted by Gasteiger charge is 2.16. The fraction of sp³-hybridized carbons (Fsp3) is 0.800. The number of carboxylic acids is 1. The first kappa shape index (κ1) is 14.1. The number of thioether (sulfide) groups is 1. The van der Waals surface area contributed by atoms with E-state index in [0.717, 1.165) is 17.9 Å². The predicted molar refractivity (Wildman–Crippen MR) is 65.1 cm³/mol. The van der Waals surface area contributed by atoms with Crippen LogP contribution in [-0.4, -0.2) is 52.9 Å². The summed E-state index contributed by atoms with van der Waals surface area (Å²) in [6.07, 6.45) is -0.272. The van der Waals surface area contributed by atoms with Gasteiger partial charge in [-0.15, -0.1) is 0 Å². The Balaban J connectivity index is 2.02. The lowest BCUT2D eigenvalue weighted by atomic mass is 10.1. The second kappa shape index (κ2) is 7.39. The van der Waals surface area contributed by atoms with Gasteiger partial charge in [0.1, 0.15) is 0 Å². The summed E-state index contributed by atoms with van der Waals surface area (Å²) in [4.78, 5) is 21.6. The van der Waals surface area contributed by atoms with Crippen LogP contribution in [-0.2, 0) is 4.79 Å². The van der Waals surface area contributed by atoms with Crippen molar-refractivity contribution in [3.63, 3.8) is 0 Å². The summed E-state index contributed by atoms with van der Waals surface area (Å²) in [5.41, 5.74) is 0. The summed E-state index contributed by atoms with van der Waals surface area (Å²) < 4.78 is 0. The Bertz CT molecular complexity index is 269. The van der Waals surface area contributed by atoms with Gasteiger partial charge >= 0.3 is 12.0 Å². The Labute approximate surface area is 104 Å². The second-order valence-corrected chi connectivity index (χ2v) is 5.16. The molecule has 0 aliphatic carbocycles. The van der Waals surface area contributed by atoms with E-state index >= 15 is 0 Å². The number of carbonyl (C=O) groups is 2. The third-order valence-corrected chi connectivity index (χ3v) is 3.80. The smallest absolute Gasteiger partial charge is 0.332 e. The van der Waals surface area contributed by atoms with Gasteiger partial charge in [0.25, 0.3) is 0 Å². The maximum Gasteiger partial charge on any atom is 0.332 e. The van der Waals surface area contributed by atoms with Crippen LogP contribution in [0, 0.1) is 5.92 Å². The number of hydrogen-bond acceptors (Lipinski definition) is 4. The highest BCUT2D eigenvalue weighted by Crippen LogP contribution is 2.22. The zero-order chi connectivity index (χ0) is 12.7. The SMILES string of the molecule is O=C(NCC[C@H](O)C(=O)O)NCC1CCSC1. The number of hydrogen-bond donors (Lipinski definition) is 4. The lowest BCUT2D eigenvalue weighted by molar-refractivity contribution is -0.146. The molecule has 1 aliphatic heterocycles. The molecule has 0 bridgehead atoms. The molecule has 4 N–H and O–H groups in total. The average molecular weight is 262 g/mol. The predicted octanol–water partition coefficient (Wildman–Crippen LogP) is -0.126. The number of aliphatic hydroxyl groups excluding tert-OH is 1. The Hall–Kier alpha value is -0.950. The van der Waals surface area contributed by atoms with Crippen molar-refractivity contribution in [2.45, 2.75) is 18.9 Å². The fourth-order valence-electron chi connectivity index (χ4n) is 1.49. The number of aliphatic carboxylic acids is 1. The van der Waals surface area contributed by atoms with Crippen molar-refractivity contribution in [2.24, 2.45) is 5.92 Å². The van der Waals surface area contributed by atoms with Crippen LogP contribution in [0.25, 0.3) is 0 Å². The van der Waals surface area contributed by atoms with E-state index in [0.29, 0.717) is 12.5 Å². The van der Waals surface area contributed by atoms with E-state index < -0.39 is 12.1 Å². The van der Waals surface area contributed by atoms with Gasteiger partial charge in [0.15, 0.2) is 6.10 Å². The van der Waals surface area contributed by atoms with Gasteiger partial charge in [-0.25, -0.2) is 9.59 Å². The van der Waals surface area contributed by atoms with Crippen LogP contribution in [0.1, 0.15) is 12.8 Å². The van der Waals surface area contributed by atoms with Crippen LogP contribution in [0.3, 0.4) is 0 Å². The number of nitrogens with one attached hydrogen (secondary N) is 2. The number of carbonyl (C=O) groups excluding carboxylic acids is 1. The van der Waals surface area contributed by atoms with Crippen LogP contribution in [0.5, 0.6) is 0 Å². The topological polar surface area (TPSA) is 98.7 Å². The average Bonchev–Trinajstić information content (AvgIpc) is 2.78. The summed E-state index contributed by atoms with van der Waals surface area (Å²) in [5, 5.41) is 22.6. The summed E-state index contributed by atoms with van der Waals surface area (Å²) in [7, 11) is 0. The minimum absolute atomic E-state index is 0.0159. The molecule has 0 aromatic rings. The second-order valence-electron chi connectivity index (χ2n) is 4.01. The Morgan fingerprint density at radius 3 is 2.76 bits per heavy atom. The van der Waals surface area contributed by atoms with Gasteiger partial charge in [0, 0.05) is 19.5 Å². The van der Waals surface area contributed by atoms with Gasteiger partial charge in [-0.2, -0.15) is 11.8 Å². The van der Waals surface area contributed by atoms with Crippen molar-refractivity contribution in [1.29, 1.82) is 0 Å². The normalized spacial score (nSPS) is 20.9. The number of rotatable bonds is 6. The van der Waals surface area contributed by atoms with E-state index in [-0.39, 0.29) is 19.0 Å². The summed E-state index contributed by atoms with van der Waals surface area (Å²) in [5.74, 6) is 1.50. The largest absolute Gasteiger partial charge is 0.479 e. The first-order chi connectivity index (χ1) is 8.09. The minimum atomic E-state index is -1.42. The Kier molecular flexibility index (Phi) is 6.13. The zero-order valence-electron chi connectivity index (χ0n) is 9.52. The lowest BCUT2D eigenvalue weighted by Crippen LogP contribution is -2.39. The molecular formula is C10H18N2O4S. The molecule has 1 aliphatic rings. The molecule has 1 unspecified atom stereocenters. The molecule has 7 heteroatoms. The van der Waals surface area contributed by atoms with Crippen LogP contribution < -0.4 is 10.6 Å². The highest BCUT2D eigenvalue weighted by molar-refractivity contribution is 7.99. The number of urea groups is 1. The Morgan fingerprint density at radius 2 is 2.18 bits per heavy atom. The molecule has 1 heterocycles. The number of carboxylic acid groups (broad SMARTS) is 1. The van der Waals surface area contributed by atoms with Crippen molar-refractivity contribution >= 4 is 23.8 Å². The molecule has 0 saturated carbocycles. The monoisotopic (exact) mass is 262 g/mol. The molecule has 17 heavy (non-hydrogen) atoms. The van der Waals surface area contributed by atoms with E-state index in [4.69, 9.17) is 10.2 Å². The highest BCUT2D eigenvalue weighted by atomic mass is 32.2. The van der Waals surface area contributed by atoms with Crippen molar-refractivity contribution < 1.29 is 19.8 Å². The van der Waals surface area contributed by atoms with Crippen LogP contribution in [0.2, 0.25) is 0 Å². The van der Waals surface area contributed by atoms with E-state index in [1.165, 1.54) is 0 Å². The quantitative estimate of drug-likeness (QED) is 0.534. The molecule has 1 rings (SSSR count). The van der Waals surface area contributed by atoms with Gasteiger partial charge in [0.05, 0.1) is 0 Å². The summed E-state index contributed by atoms with van der Waals surface area (Å²) >= 11 is 1.89. The Morgan fingerprint density at radius 1 is 1.41 bits per heavy atom. The molecule has 1 saturated heterocycles. The molecule has 2 amide bonds. The van der Waals surface area contributed by atoms with Gasteiger partial charge in [-0.3, -0.25) is 0 Å². The molecule has 0 radical (unpaired) electrons. The molecule has 1 fully saturated rings. The third-order valence-electron chi connectivity index (χ3n) is 2.56. The first-order valence-corrected chi connectivity index (χ1v) is 6.75. The van der Waals surface area contributed by atoms with E-state index in [1.807, 2.05) is 11.8 Å². The molecule has 2 atom stereocenters. The van der Waals surface area contributed by atoms with Gasteiger partial charge in [0.2, 0.25) is 0 Å². The molecule has 0 aromatic carbocycles. The van der Waals surface area contributed by atoms with Crippen LogP contribution in [0.15, 0.2) is 0 Å². The maximum atomic E-state index is 11.3. The molecule has 0 aromatic heterocycles. The maximum absolute atomic E-state index is 11.3. The molecule has 98 valence electrons. The van der Waals surface area contributed by atoms with E-state index in [9.17, 15) is 9.59 Å². The minimum Gasteiger partial charge on any atom is -0.479 e. The van der Waals surface area contributed by atoms with Gasteiger partial charge < -0.3 is 20.8 Å². The fourth-order valence-corrected chi connectivity index (χ4v) is 2.77. The first-order valence-electron chi connectivity index (χ1n) is 5.60. The number of aliphatic hydroxyl groups is 1. The van der Waals surface area contributed by atoms with Crippen molar-refractivity contribution in [2.75, 3.05) is 24.6 Å². The zero-order valence-corrected chi connectivity index (χ0v) is 10.3. The van der Waals surface area contributed by atoms with Crippen LogP contribution in [0.4, 0.5) is 4.79 Å². The standard InChI is InChI=1S/C10H18N2O4S/c13-8(9(14)15)1-3-11-10(16)12-5-7-2-4-17-6-7/h7-8,13H,1-6H2,(H,14,15)(H2,11,12,16)/t7?,8-/m0/s1. The van der Waals surface area contributed by atoms with E-state index in [1.54, 1.807) is 0 Å². The summed E-state index contributed by atoms with van der Waals surface area (Å²) in [6, 6.07) is -0.306. The van der Waals surface area contributed by atoms with Gasteiger partial charge in [-0.05, 0) is 23.8 Å². The van der Waals surface area contributed by atoms with E-state index in [2.05, 4.69) is 10.6 Å². The van der Waals surface area contributed by atoms with Crippen molar-refractivity contribution in [1.82, 2.24) is 10.6 Å².